The first-order valence-corrected chi connectivity index (χ1v) is 5.96. The number of hydrogen-bond donors (Lipinski definition) is 1. The topological polar surface area (TPSA) is 37.8 Å². The van der Waals surface area contributed by atoms with Crippen LogP contribution in [-0.2, 0) is 0 Å². The van der Waals surface area contributed by atoms with Gasteiger partial charge in [-0.1, -0.05) is 6.42 Å². The fourth-order valence-corrected chi connectivity index (χ4v) is 2.39. The van der Waals surface area contributed by atoms with Crippen LogP contribution in [0.25, 0.3) is 0 Å². The van der Waals surface area contributed by atoms with Crippen LogP contribution in [0.15, 0.2) is 12.4 Å². The molecule has 1 aromatic rings. The van der Waals surface area contributed by atoms with Crippen molar-refractivity contribution in [3.05, 3.63) is 23.8 Å². The molecule has 3 rings (SSSR count). The number of rotatable bonds is 2. The van der Waals surface area contributed by atoms with Gasteiger partial charge in [-0.2, -0.15) is 0 Å². The molecule has 1 aromatic heterocycles. The van der Waals surface area contributed by atoms with E-state index in [0.717, 1.165) is 24.8 Å². The van der Waals surface area contributed by atoms with Gasteiger partial charge in [0.05, 0.1) is 0 Å². The molecule has 1 saturated heterocycles. The van der Waals surface area contributed by atoms with E-state index in [9.17, 15) is 0 Å². The van der Waals surface area contributed by atoms with Gasteiger partial charge in [-0.3, -0.25) is 0 Å². The molecule has 2 heterocycles. The largest absolute Gasteiger partial charge is 0.316 e. The van der Waals surface area contributed by atoms with Crippen molar-refractivity contribution >= 4 is 0 Å². The minimum absolute atomic E-state index is 0.542. The van der Waals surface area contributed by atoms with Crippen molar-refractivity contribution < 1.29 is 0 Å². The predicted molar refractivity (Wildman–Crippen MR) is 58.9 cm³/mol. The first-order chi connectivity index (χ1) is 7.43. The van der Waals surface area contributed by atoms with Gasteiger partial charge in [0, 0.05) is 24.9 Å². The Morgan fingerprint density at radius 2 is 1.87 bits per heavy atom. The summed E-state index contributed by atoms with van der Waals surface area (Å²) in [5, 5.41) is 3.35. The highest BCUT2D eigenvalue weighted by Crippen LogP contribution is 2.35. The quantitative estimate of drug-likeness (QED) is 0.796. The van der Waals surface area contributed by atoms with Crippen LogP contribution < -0.4 is 5.32 Å². The van der Waals surface area contributed by atoms with E-state index in [-0.39, 0.29) is 0 Å². The van der Waals surface area contributed by atoms with Crippen molar-refractivity contribution in [3.63, 3.8) is 0 Å². The highest BCUT2D eigenvalue weighted by atomic mass is 14.9. The predicted octanol–water partition coefficient (Wildman–Crippen LogP) is 1.82. The molecule has 80 valence electrons. The van der Waals surface area contributed by atoms with E-state index in [1.165, 1.54) is 31.2 Å². The molecule has 3 heteroatoms. The molecule has 0 amide bonds. The smallest absolute Gasteiger partial charge is 0.132 e. The molecule has 1 aliphatic carbocycles. The zero-order chi connectivity index (χ0) is 10.1. The molecule has 1 saturated carbocycles. The van der Waals surface area contributed by atoms with Gasteiger partial charge in [-0.05, 0) is 37.3 Å². The Kier molecular flexibility index (Phi) is 2.41. The van der Waals surface area contributed by atoms with Crippen molar-refractivity contribution in [2.75, 3.05) is 13.1 Å². The van der Waals surface area contributed by atoms with Crippen LogP contribution >= 0.6 is 0 Å². The third-order valence-corrected chi connectivity index (χ3v) is 3.69. The summed E-state index contributed by atoms with van der Waals surface area (Å²) in [5.41, 5.74) is 1.34. The van der Waals surface area contributed by atoms with Crippen molar-refractivity contribution in [2.24, 2.45) is 0 Å². The van der Waals surface area contributed by atoms with Gasteiger partial charge in [0.25, 0.3) is 0 Å². The maximum absolute atomic E-state index is 4.51. The van der Waals surface area contributed by atoms with Crippen molar-refractivity contribution in [1.82, 2.24) is 15.3 Å². The second-order valence-corrected chi connectivity index (χ2v) is 4.69. The SMILES string of the molecule is c1nc(C2CCNC2)ncc1C1CCC1. The van der Waals surface area contributed by atoms with Gasteiger partial charge >= 0.3 is 0 Å². The van der Waals surface area contributed by atoms with Gasteiger partial charge in [0.15, 0.2) is 0 Å². The zero-order valence-corrected chi connectivity index (χ0v) is 8.95. The van der Waals surface area contributed by atoms with E-state index in [1.807, 2.05) is 12.4 Å². The lowest BCUT2D eigenvalue weighted by molar-refractivity contribution is 0.417. The molecule has 1 aliphatic heterocycles. The Hall–Kier alpha value is -0.960. The van der Waals surface area contributed by atoms with Gasteiger partial charge < -0.3 is 5.32 Å². The standard InChI is InChI=1S/C12H17N3/c1-2-9(3-1)11-7-14-12(15-8-11)10-4-5-13-6-10/h7-10,13H,1-6H2. The Bertz CT molecular complexity index is 323. The maximum Gasteiger partial charge on any atom is 0.132 e. The molecular formula is C12H17N3. The molecule has 2 aliphatic rings. The van der Waals surface area contributed by atoms with E-state index < -0.39 is 0 Å². The Labute approximate surface area is 90.3 Å². The highest BCUT2D eigenvalue weighted by Gasteiger charge is 2.22. The highest BCUT2D eigenvalue weighted by molar-refractivity contribution is 5.15. The van der Waals surface area contributed by atoms with Crippen LogP contribution in [0.4, 0.5) is 0 Å². The fourth-order valence-electron chi connectivity index (χ4n) is 2.39. The average Bonchev–Trinajstić information content (AvgIpc) is 2.69. The first-order valence-electron chi connectivity index (χ1n) is 5.96. The van der Waals surface area contributed by atoms with Crippen molar-refractivity contribution in [3.8, 4) is 0 Å². The molecule has 1 unspecified atom stereocenters. The second kappa shape index (κ2) is 3.89. The normalized spacial score (nSPS) is 26.5. The summed E-state index contributed by atoms with van der Waals surface area (Å²) < 4.78 is 0. The summed E-state index contributed by atoms with van der Waals surface area (Å²) in [6.07, 6.45) is 9.30. The van der Waals surface area contributed by atoms with Crippen molar-refractivity contribution in [1.29, 1.82) is 0 Å². The molecule has 3 nitrogen and oxygen atoms in total. The Morgan fingerprint density at radius 3 is 2.40 bits per heavy atom. The van der Waals surface area contributed by atoms with E-state index >= 15 is 0 Å². The monoisotopic (exact) mass is 203 g/mol. The van der Waals surface area contributed by atoms with Crippen LogP contribution in [0.2, 0.25) is 0 Å². The van der Waals surface area contributed by atoms with Gasteiger partial charge in [0.2, 0.25) is 0 Å². The minimum atomic E-state index is 0.542. The summed E-state index contributed by atoms with van der Waals surface area (Å²) in [5.74, 6) is 2.32. The summed E-state index contributed by atoms with van der Waals surface area (Å²) in [7, 11) is 0. The third kappa shape index (κ3) is 1.76. The average molecular weight is 203 g/mol. The van der Waals surface area contributed by atoms with E-state index in [1.54, 1.807) is 0 Å². The van der Waals surface area contributed by atoms with Crippen LogP contribution in [0.3, 0.4) is 0 Å². The minimum Gasteiger partial charge on any atom is -0.316 e. The Morgan fingerprint density at radius 1 is 1.07 bits per heavy atom. The third-order valence-electron chi connectivity index (χ3n) is 3.69. The molecular weight excluding hydrogens is 186 g/mol. The molecule has 1 atom stereocenters. The lowest BCUT2D eigenvalue weighted by atomic mass is 9.81. The summed E-state index contributed by atoms with van der Waals surface area (Å²) >= 11 is 0. The fraction of sp³-hybridized carbons (Fsp3) is 0.667. The van der Waals surface area contributed by atoms with Crippen LogP contribution in [0, 0.1) is 0 Å². The summed E-state index contributed by atoms with van der Waals surface area (Å²) in [4.78, 5) is 9.02. The molecule has 15 heavy (non-hydrogen) atoms. The number of hydrogen-bond acceptors (Lipinski definition) is 3. The van der Waals surface area contributed by atoms with E-state index in [2.05, 4.69) is 15.3 Å². The number of nitrogens with one attached hydrogen (secondary N) is 1. The lowest BCUT2D eigenvalue weighted by Gasteiger charge is -2.25. The van der Waals surface area contributed by atoms with E-state index in [0.29, 0.717) is 5.92 Å². The number of aromatic nitrogens is 2. The lowest BCUT2D eigenvalue weighted by Crippen LogP contribution is -2.13. The van der Waals surface area contributed by atoms with Crippen LogP contribution in [0.5, 0.6) is 0 Å². The van der Waals surface area contributed by atoms with Crippen LogP contribution in [0.1, 0.15) is 48.9 Å². The molecule has 0 spiro atoms. The molecule has 1 N–H and O–H groups in total. The second-order valence-electron chi connectivity index (χ2n) is 4.69. The van der Waals surface area contributed by atoms with Gasteiger partial charge in [-0.25, -0.2) is 9.97 Å². The number of nitrogens with zero attached hydrogens (tertiary/aromatic N) is 2. The molecule has 0 bridgehead atoms. The van der Waals surface area contributed by atoms with Gasteiger partial charge in [-0.15, -0.1) is 0 Å². The zero-order valence-electron chi connectivity index (χ0n) is 8.95. The summed E-state index contributed by atoms with van der Waals surface area (Å²) in [6, 6.07) is 0. The van der Waals surface area contributed by atoms with Gasteiger partial charge in [0.1, 0.15) is 5.82 Å². The maximum atomic E-state index is 4.51. The first kappa shape index (κ1) is 9.28. The molecule has 0 aromatic carbocycles. The molecule has 0 radical (unpaired) electrons. The summed E-state index contributed by atoms with van der Waals surface area (Å²) in [6.45, 7) is 2.15. The molecule has 2 fully saturated rings. The van der Waals surface area contributed by atoms with Crippen molar-refractivity contribution in [2.45, 2.75) is 37.5 Å². The van der Waals surface area contributed by atoms with Crippen LogP contribution in [-0.4, -0.2) is 23.1 Å². The Balaban J connectivity index is 1.74. The van der Waals surface area contributed by atoms with E-state index in [4.69, 9.17) is 0 Å².